The summed E-state index contributed by atoms with van der Waals surface area (Å²) in [6.07, 6.45) is 8.26. The smallest absolute Gasteiger partial charge is 0.220 e. The number of nitrogens with one attached hydrogen (secondary N) is 1. The standard InChI is InChI=1S/C17H32N2O/c1-12(2)13(9-10-18)7-8-17(20)19-11-16(14-3-4-14)15-5-6-15/h12-16H,3-11,18H2,1-2H3,(H,19,20). The molecular formula is C17H32N2O. The average Bonchev–Trinajstić information content (AvgIpc) is 3.26. The topological polar surface area (TPSA) is 55.1 Å². The molecule has 0 heterocycles. The van der Waals surface area contributed by atoms with Gasteiger partial charge in [0.25, 0.3) is 0 Å². The molecule has 0 aromatic rings. The maximum absolute atomic E-state index is 12.0. The maximum Gasteiger partial charge on any atom is 0.220 e. The molecule has 0 aliphatic heterocycles. The zero-order valence-corrected chi connectivity index (χ0v) is 13.2. The van der Waals surface area contributed by atoms with Crippen LogP contribution >= 0.6 is 0 Å². The molecule has 0 aromatic carbocycles. The highest BCUT2D eigenvalue weighted by Gasteiger charge is 2.41. The SMILES string of the molecule is CC(C)C(CCN)CCC(=O)NCC(C1CC1)C1CC1. The van der Waals surface area contributed by atoms with E-state index < -0.39 is 0 Å². The molecule has 0 spiro atoms. The second kappa shape index (κ2) is 7.44. The van der Waals surface area contributed by atoms with Crippen molar-refractivity contribution in [2.45, 2.75) is 58.8 Å². The highest BCUT2D eigenvalue weighted by molar-refractivity contribution is 5.75. The van der Waals surface area contributed by atoms with Gasteiger partial charge in [-0.25, -0.2) is 0 Å². The summed E-state index contributed by atoms with van der Waals surface area (Å²) in [7, 11) is 0. The van der Waals surface area contributed by atoms with E-state index in [1.54, 1.807) is 0 Å². The number of rotatable bonds is 10. The van der Waals surface area contributed by atoms with Gasteiger partial charge >= 0.3 is 0 Å². The first-order valence-corrected chi connectivity index (χ1v) is 8.58. The molecule has 0 aromatic heterocycles. The molecule has 3 heteroatoms. The summed E-state index contributed by atoms with van der Waals surface area (Å²) in [5, 5.41) is 3.19. The van der Waals surface area contributed by atoms with E-state index in [2.05, 4.69) is 19.2 Å². The van der Waals surface area contributed by atoms with Crippen LogP contribution in [0.2, 0.25) is 0 Å². The molecule has 2 aliphatic carbocycles. The van der Waals surface area contributed by atoms with Gasteiger partial charge in [0.15, 0.2) is 0 Å². The number of carbonyl (C=O) groups is 1. The van der Waals surface area contributed by atoms with Gasteiger partial charge in [-0.3, -0.25) is 4.79 Å². The fourth-order valence-electron chi connectivity index (χ4n) is 3.43. The van der Waals surface area contributed by atoms with Crippen LogP contribution in [0.4, 0.5) is 0 Å². The van der Waals surface area contributed by atoms with E-state index in [1.807, 2.05) is 0 Å². The van der Waals surface area contributed by atoms with Gasteiger partial charge in [-0.2, -0.15) is 0 Å². The van der Waals surface area contributed by atoms with Crippen LogP contribution in [-0.4, -0.2) is 19.0 Å². The molecule has 116 valence electrons. The van der Waals surface area contributed by atoms with Gasteiger partial charge < -0.3 is 11.1 Å². The molecule has 1 amide bonds. The normalized spacial score (nSPS) is 20.4. The van der Waals surface area contributed by atoms with E-state index in [0.717, 1.165) is 43.7 Å². The summed E-state index contributed by atoms with van der Waals surface area (Å²) in [5.74, 6) is 4.08. The van der Waals surface area contributed by atoms with Gasteiger partial charge in [0.05, 0.1) is 0 Å². The van der Waals surface area contributed by atoms with Crippen molar-refractivity contribution in [1.29, 1.82) is 0 Å². The first-order valence-electron chi connectivity index (χ1n) is 8.58. The van der Waals surface area contributed by atoms with Crippen molar-refractivity contribution in [3.05, 3.63) is 0 Å². The molecule has 0 saturated heterocycles. The largest absolute Gasteiger partial charge is 0.356 e. The molecule has 2 saturated carbocycles. The molecule has 2 aliphatic rings. The fraction of sp³-hybridized carbons (Fsp3) is 0.941. The van der Waals surface area contributed by atoms with E-state index in [4.69, 9.17) is 5.73 Å². The van der Waals surface area contributed by atoms with Crippen molar-refractivity contribution in [1.82, 2.24) is 5.32 Å². The Morgan fingerprint density at radius 3 is 2.20 bits per heavy atom. The van der Waals surface area contributed by atoms with E-state index in [-0.39, 0.29) is 5.91 Å². The summed E-state index contributed by atoms with van der Waals surface area (Å²) < 4.78 is 0. The molecule has 3 N–H and O–H groups in total. The van der Waals surface area contributed by atoms with Crippen molar-refractivity contribution >= 4 is 5.91 Å². The molecule has 2 rings (SSSR count). The van der Waals surface area contributed by atoms with Crippen molar-refractivity contribution in [3.63, 3.8) is 0 Å². The average molecular weight is 280 g/mol. The summed E-state index contributed by atoms with van der Waals surface area (Å²) in [4.78, 5) is 12.0. The minimum atomic E-state index is 0.249. The van der Waals surface area contributed by atoms with Crippen molar-refractivity contribution < 1.29 is 4.79 Å². The van der Waals surface area contributed by atoms with Crippen molar-refractivity contribution in [3.8, 4) is 0 Å². The fourth-order valence-corrected chi connectivity index (χ4v) is 3.43. The summed E-state index contributed by atoms with van der Waals surface area (Å²) >= 11 is 0. The van der Waals surface area contributed by atoms with E-state index >= 15 is 0 Å². The van der Waals surface area contributed by atoms with Crippen molar-refractivity contribution in [2.24, 2.45) is 35.3 Å². The Hall–Kier alpha value is -0.570. The Morgan fingerprint density at radius 2 is 1.75 bits per heavy atom. The van der Waals surface area contributed by atoms with Crippen LogP contribution in [0.3, 0.4) is 0 Å². The predicted molar refractivity (Wildman–Crippen MR) is 83.2 cm³/mol. The lowest BCUT2D eigenvalue weighted by Gasteiger charge is -2.20. The Labute approximate surface area is 124 Å². The first-order chi connectivity index (χ1) is 9.61. The molecule has 1 unspecified atom stereocenters. The van der Waals surface area contributed by atoms with E-state index in [1.165, 1.54) is 25.7 Å². The van der Waals surface area contributed by atoms with Crippen molar-refractivity contribution in [2.75, 3.05) is 13.1 Å². The first kappa shape index (κ1) is 15.8. The minimum absolute atomic E-state index is 0.249. The quantitative estimate of drug-likeness (QED) is 0.646. The highest BCUT2D eigenvalue weighted by Crippen LogP contribution is 2.48. The Morgan fingerprint density at radius 1 is 1.15 bits per heavy atom. The van der Waals surface area contributed by atoms with Gasteiger partial charge in [-0.15, -0.1) is 0 Å². The maximum atomic E-state index is 12.0. The Balaban J connectivity index is 1.63. The number of hydrogen-bond acceptors (Lipinski definition) is 2. The number of carbonyl (C=O) groups excluding carboxylic acids is 1. The van der Waals surface area contributed by atoms with Crippen LogP contribution in [-0.2, 0) is 4.79 Å². The molecule has 0 bridgehead atoms. The summed E-state index contributed by atoms with van der Waals surface area (Å²) in [6, 6.07) is 0. The highest BCUT2D eigenvalue weighted by atomic mass is 16.1. The number of nitrogens with two attached hydrogens (primary N) is 1. The van der Waals surface area contributed by atoms with Gasteiger partial charge in [-0.1, -0.05) is 13.8 Å². The molecule has 2 fully saturated rings. The zero-order valence-electron chi connectivity index (χ0n) is 13.2. The predicted octanol–water partition coefficient (Wildman–Crippen LogP) is 2.94. The van der Waals surface area contributed by atoms with Crippen LogP contribution in [0, 0.1) is 29.6 Å². The minimum Gasteiger partial charge on any atom is -0.356 e. The molecule has 3 nitrogen and oxygen atoms in total. The summed E-state index contributed by atoms with van der Waals surface area (Å²) in [5.41, 5.74) is 5.65. The van der Waals surface area contributed by atoms with Gasteiger partial charge in [0.1, 0.15) is 0 Å². The second-order valence-electron chi connectivity index (χ2n) is 7.26. The Kier molecular flexibility index (Phi) is 5.88. The van der Waals surface area contributed by atoms with Gasteiger partial charge in [0, 0.05) is 13.0 Å². The summed E-state index contributed by atoms with van der Waals surface area (Å²) in [6.45, 7) is 6.12. The third-order valence-corrected chi connectivity index (χ3v) is 5.21. The molecule has 20 heavy (non-hydrogen) atoms. The zero-order chi connectivity index (χ0) is 14.5. The second-order valence-corrected chi connectivity index (χ2v) is 7.26. The van der Waals surface area contributed by atoms with E-state index in [9.17, 15) is 4.79 Å². The van der Waals surface area contributed by atoms with Crippen LogP contribution in [0.1, 0.15) is 58.8 Å². The van der Waals surface area contributed by atoms with E-state index in [0.29, 0.717) is 18.3 Å². The molecule has 0 radical (unpaired) electrons. The van der Waals surface area contributed by atoms with Gasteiger partial charge in [0.2, 0.25) is 5.91 Å². The van der Waals surface area contributed by atoms with Crippen LogP contribution < -0.4 is 11.1 Å². The third kappa shape index (κ3) is 5.08. The van der Waals surface area contributed by atoms with Crippen LogP contribution in [0.5, 0.6) is 0 Å². The number of amides is 1. The number of hydrogen-bond donors (Lipinski definition) is 2. The monoisotopic (exact) mass is 280 g/mol. The third-order valence-electron chi connectivity index (χ3n) is 5.21. The van der Waals surface area contributed by atoms with Crippen LogP contribution in [0.15, 0.2) is 0 Å². The lowest BCUT2D eigenvalue weighted by Crippen LogP contribution is -2.31. The Bertz CT molecular complexity index is 296. The van der Waals surface area contributed by atoms with Crippen LogP contribution in [0.25, 0.3) is 0 Å². The van der Waals surface area contributed by atoms with Gasteiger partial charge in [-0.05, 0) is 74.7 Å². The molecule has 1 atom stereocenters. The molecular weight excluding hydrogens is 248 g/mol. The lowest BCUT2D eigenvalue weighted by atomic mass is 9.88. The lowest BCUT2D eigenvalue weighted by molar-refractivity contribution is -0.121.